The second-order valence-corrected chi connectivity index (χ2v) is 10.3. The first kappa shape index (κ1) is 17.4. The highest BCUT2D eigenvalue weighted by atomic mass is 32.2. The van der Waals surface area contributed by atoms with Crippen LogP contribution in [0, 0.1) is 0 Å². The summed E-state index contributed by atoms with van der Waals surface area (Å²) in [5, 5.41) is 4.26. The van der Waals surface area contributed by atoms with Crippen LogP contribution >= 0.6 is 11.3 Å². The largest absolute Gasteiger partial charge is 0.312 e. The second-order valence-electron chi connectivity index (χ2n) is 7.62. The van der Waals surface area contributed by atoms with Crippen LogP contribution in [0.15, 0.2) is 33.9 Å². The molecule has 1 amide bonds. The summed E-state index contributed by atoms with van der Waals surface area (Å²) in [5.41, 5.74) is 4.33. The predicted octanol–water partition coefficient (Wildman–Crippen LogP) is 3.15. The van der Waals surface area contributed by atoms with E-state index in [4.69, 9.17) is 0 Å². The van der Waals surface area contributed by atoms with Gasteiger partial charge in [0.15, 0.2) is 0 Å². The van der Waals surface area contributed by atoms with Gasteiger partial charge in [0, 0.05) is 26.1 Å². The van der Waals surface area contributed by atoms with Crippen LogP contribution in [0.4, 0.5) is 5.69 Å². The molecule has 0 aliphatic carbocycles. The van der Waals surface area contributed by atoms with Crippen LogP contribution in [0.3, 0.4) is 0 Å². The van der Waals surface area contributed by atoms with Crippen molar-refractivity contribution in [1.82, 2.24) is 4.31 Å². The number of sulfonamides is 1. The van der Waals surface area contributed by atoms with E-state index in [2.05, 4.69) is 16.8 Å². The lowest BCUT2D eigenvalue weighted by atomic mass is 9.92. The predicted molar refractivity (Wildman–Crippen MR) is 106 cm³/mol. The van der Waals surface area contributed by atoms with Crippen molar-refractivity contribution in [3.05, 3.63) is 45.6 Å². The molecule has 0 unspecified atom stereocenters. The summed E-state index contributed by atoms with van der Waals surface area (Å²) in [6, 6.07) is 5.76. The Kier molecular flexibility index (Phi) is 4.14. The number of amides is 1. The zero-order valence-corrected chi connectivity index (χ0v) is 16.7. The van der Waals surface area contributed by atoms with Gasteiger partial charge in [-0.1, -0.05) is 0 Å². The SMILES string of the molecule is O=C1CCc2cc(S(=O)(=O)N3CCC(c4ccsc4)CC3)cc3c2N1CC3. The molecule has 5 rings (SSSR count). The summed E-state index contributed by atoms with van der Waals surface area (Å²) in [4.78, 5) is 14.3. The van der Waals surface area contributed by atoms with E-state index in [0.29, 0.717) is 43.3 Å². The maximum Gasteiger partial charge on any atom is 0.243 e. The van der Waals surface area contributed by atoms with Crippen LogP contribution in [-0.4, -0.2) is 38.3 Å². The molecule has 1 aromatic heterocycles. The molecule has 0 bridgehead atoms. The van der Waals surface area contributed by atoms with Gasteiger partial charge in [0.2, 0.25) is 15.9 Å². The number of nitrogens with zero attached hydrogens (tertiary/aromatic N) is 2. The van der Waals surface area contributed by atoms with Gasteiger partial charge in [-0.05, 0) is 77.3 Å². The maximum atomic E-state index is 13.3. The molecule has 7 heteroatoms. The Bertz CT molecular complexity index is 990. The Morgan fingerprint density at radius 3 is 2.44 bits per heavy atom. The molecule has 0 radical (unpaired) electrons. The fraction of sp³-hybridized carbons (Fsp3) is 0.450. The van der Waals surface area contributed by atoms with Crippen LogP contribution in [-0.2, 0) is 27.7 Å². The number of hydrogen-bond donors (Lipinski definition) is 0. The molecular weight excluding hydrogens is 380 g/mol. The maximum absolute atomic E-state index is 13.3. The van der Waals surface area contributed by atoms with E-state index in [1.54, 1.807) is 21.7 Å². The number of thiophene rings is 1. The quantitative estimate of drug-likeness (QED) is 0.792. The molecule has 1 saturated heterocycles. The average molecular weight is 403 g/mol. The van der Waals surface area contributed by atoms with Gasteiger partial charge in [-0.15, -0.1) is 0 Å². The molecule has 0 atom stereocenters. The number of aryl methyl sites for hydroxylation is 1. The van der Waals surface area contributed by atoms with E-state index in [0.717, 1.165) is 36.1 Å². The molecule has 2 aromatic rings. The third kappa shape index (κ3) is 2.83. The van der Waals surface area contributed by atoms with E-state index >= 15 is 0 Å². The number of benzene rings is 1. The molecule has 142 valence electrons. The summed E-state index contributed by atoms with van der Waals surface area (Å²) in [5.74, 6) is 0.621. The van der Waals surface area contributed by atoms with Gasteiger partial charge in [0.05, 0.1) is 10.6 Å². The zero-order valence-electron chi connectivity index (χ0n) is 15.1. The summed E-state index contributed by atoms with van der Waals surface area (Å²) in [6.45, 7) is 1.82. The molecule has 4 heterocycles. The third-order valence-corrected chi connectivity index (χ3v) is 8.71. The topological polar surface area (TPSA) is 57.7 Å². The lowest BCUT2D eigenvalue weighted by Crippen LogP contribution is -2.38. The number of carbonyl (C=O) groups is 1. The Hall–Kier alpha value is -1.70. The molecule has 3 aliphatic rings. The highest BCUT2D eigenvalue weighted by Gasteiger charge is 2.35. The van der Waals surface area contributed by atoms with Crippen molar-refractivity contribution in [2.45, 2.75) is 42.9 Å². The molecule has 5 nitrogen and oxygen atoms in total. The van der Waals surface area contributed by atoms with Crippen LogP contribution in [0.2, 0.25) is 0 Å². The number of hydrogen-bond acceptors (Lipinski definition) is 4. The van der Waals surface area contributed by atoms with Crippen molar-refractivity contribution in [2.24, 2.45) is 0 Å². The van der Waals surface area contributed by atoms with E-state index < -0.39 is 10.0 Å². The highest BCUT2D eigenvalue weighted by molar-refractivity contribution is 7.89. The van der Waals surface area contributed by atoms with Gasteiger partial charge in [-0.25, -0.2) is 8.42 Å². The summed E-state index contributed by atoms with van der Waals surface area (Å²) in [6.07, 6.45) is 3.60. The van der Waals surface area contributed by atoms with Gasteiger partial charge in [-0.2, -0.15) is 15.6 Å². The van der Waals surface area contributed by atoms with E-state index in [1.807, 2.05) is 11.0 Å². The molecule has 0 N–H and O–H groups in total. The molecule has 1 fully saturated rings. The fourth-order valence-electron chi connectivity index (χ4n) is 4.66. The smallest absolute Gasteiger partial charge is 0.243 e. The second kappa shape index (κ2) is 6.43. The van der Waals surface area contributed by atoms with Gasteiger partial charge in [0.25, 0.3) is 0 Å². The van der Waals surface area contributed by atoms with Crippen molar-refractivity contribution < 1.29 is 13.2 Å². The molecule has 1 aromatic carbocycles. The Morgan fingerprint density at radius 1 is 1.00 bits per heavy atom. The van der Waals surface area contributed by atoms with Crippen LogP contribution in [0.1, 0.15) is 41.9 Å². The lowest BCUT2D eigenvalue weighted by molar-refractivity contribution is -0.118. The summed E-state index contributed by atoms with van der Waals surface area (Å²) in [7, 11) is -3.48. The standard InChI is InChI=1S/C20H22N2O3S2/c23-19-2-1-15-11-18(12-16-5-9-22(19)20(15)16)27(24,25)21-7-3-14(4-8-21)17-6-10-26-13-17/h6,10-14H,1-5,7-9H2. The fourth-order valence-corrected chi connectivity index (χ4v) is 6.98. The molecule has 0 spiro atoms. The van der Waals surface area contributed by atoms with Crippen LogP contribution < -0.4 is 4.90 Å². The van der Waals surface area contributed by atoms with Crippen molar-refractivity contribution in [3.63, 3.8) is 0 Å². The molecule has 3 aliphatic heterocycles. The van der Waals surface area contributed by atoms with E-state index in [-0.39, 0.29) is 5.91 Å². The number of anilines is 1. The first-order valence-corrected chi connectivity index (χ1v) is 11.9. The first-order valence-electron chi connectivity index (χ1n) is 9.52. The number of piperidine rings is 1. The highest BCUT2D eigenvalue weighted by Crippen LogP contribution is 2.39. The monoisotopic (exact) mass is 402 g/mol. The van der Waals surface area contributed by atoms with Crippen molar-refractivity contribution in [3.8, 4) is 0 Å². The Morgan fingerprint density at radius 2 is 1.74 bits per heavy atom. The third-order valence-electron chi connectivity index (χ3n) is 6.13. The lowest BCUT2D eigenvalue weighted by Gasteiger charge is -2.31. The van der Waals surface area contributed by atoms with Gasteiger partial charge in [-0.3, -0.25) is 4.79 Å². The number of rotatable bonds is 3. The van der Waals surface area contributed by atoms with Crippen LogP contribution in [0.25, 0.3) is 0 Å². The Balaban J connectivity index is 1.41. The van der Waals surface area contributed by atoms with Crippen molar-refractivity contribution in [2.75, 3.05) is 24.5 Å². The van der Waals surface area contributed by atoms with Crippen LogP contribution in [0.5, 0.6) is 0 Å². The van der Waals surface area contributed by atoms with Gasteiger partial charge in [0.1, 0.15) is 0 Å². The minimum absolute atomic E-state index is 0.160. The minimum atomic E-state index is -3.48. The molecule has 0 saturated carbocycles. The van der Waals surface area contributed by atoms with Gasteiger partial charge < -0.3 is 4.90 Å². The number of carbonyl (C=O) groups excluding carboxylic acids is 1. The van der Waals surface area contributed by atoms with Crippen molar-refractivity contribution in [1.29, 1.82) is 0 Å². The Labute approximate surface area is 163 Å². The van der Waals surface area contributed by atoms with Gasteiger partial charge >= 0.3 is 0 Å². The van der Waals surface area contributed by atoms with E-state index in [9.17, 15) is 13.2 Å². The van der Waals surface area contributed by atoms with E-state index in [1.165, 1.54) is 5.56 Å². The normalized spacial score (nSPS) is 20.9. The first-order chi connectivity index (χ1) is 13.0. The minimum Gasteiger partial charge on any atom is -0.312 e. The summed E-state index contributed by atoms with van der Waals surface area (Å²) < 4.78 is 28.2. The van der Waals surface area contributed by atoms with Crippen molar-refractivity contribution >= 4 is 33.0 Å². The molecule has 27 heavy (non-hydrogen) atoms. The zero-order chi connectivity index (χ0) is 18.6. The molecular formula is C20H22N2O3S2. The summed E-state index contributed by atoms with van der Waals surface area (Å²) >= 11 is 1.70. The average Bonchev–Trinajstić information content (AvgIpc) is 3.35.